The van der Waals surface area contributed by atoms with E-state index in [0.717, 1.165) is 6.54 Å². The van der Waals surface area contributed by atoms with Crippen molar-refractivity contribution in [1.82, 2.24) is 10.3 Å². The summed E-state index contributed by atoms with van der Waals surface area (Å²) in [7, 11) is 0. The van der Waals surface area contributed by atoms with Crippen molar-refractivity contribution >= 4 is 11.3 Å². The van der Waals surface area contributed by atoms with Gasteiger partial charge in [0.25, 0.3) is 0 Å². The fourth-order valence-electron chi connectivity index (χ4n) is 1.41. The van der Waals surface area contributed by atoms with Gasteiger partial charge in [-0.25, -0.2) is 0 Å². The molecule has 0 aromatic carbocycles. The number of aromatic nitrogens is 1. The van der Waals surface area contributed by atoms with E-state index in [1.807, 2.05) is 11.7 Å². The lowest BCUT2D eigenvalue weighted by atomic mass is 10.2. The summed E-state index contributed by atoms with van der Waals surface area (Å²) in [6.45, 7) is 5.57. The normalized spacial score (nSPS) is 13.0. The first kappa shape index (κ1) is 11.7. The Balaban J connectivity index is 2.07. The molecule has 1 rings (SSSR count). The highest BCUT2D eigenvalue weighted by atomic mass is 32.1. The standard InChI is InChI=1S/C11H20N2S/c1-3-4-5-6-7-13-10(2)11-8-12-9-14-11/h8-10,13H,3-7H2,1-2H3. The fourth-order valence-corrected chi connectivity index (χ4v) is 2.06. The molecular weight excluding hydrogens is 192 g/mol. The zero-order valence-electron chi connectivity index (χ0n) is 9.12. The first-order valence-corrected chi connectivity index (χ1v) is 6.34. The van der Waals surface area contributed by atoms with Crippen molar-refractivity contribution in [2.45, 2.75) is 45.6 Å². The second kappa shape index (κ2) is 6.96. The molecule has 1 heterocycles. The third kappa shape index (κ3) is 4.20. The summed E-state index contributed by atoms with van der Waals surface area (Å²) >= 11 is 1.73. The van der Waals surface area contributed by atoms with Crippen LogP contribution >= 0.6 is 11.3 Å². The molecule has 1 unspecified atom stereocenters. The Labute approximate surface area is 90.8 Å². The number of nitrogens with one attached hydrogen (secondary N) is 1. The third-order valence-corrected chi connectivity index (χ3v) is 3.32. The van der Waals surface area contributed by atoms with Crippen molar-refractivity contribution in [2.75, 3.05) is 6.54 Å². The molecule has 0 radical (unpaired) electrons. The molecule has 1 N–H and O–H groups in total. The van der Waals surface area contributed by atoms with Gasteiger partial charge in [-0.05, 0) is 19.9 Å². The monoisotopic (exact) mass is 212 g/mol. The predicted octanol–water partition coefficient (Wildman–Crippen LogP) is 3.37. The summed E-state index contributed by atoms with van der Waals surface area (Å²) in [5, 5.41) is 3.51. The van der Waals surface area contributed by atoms with Gasteiger partial charge >= 0.3 is 0 Å². The highest BCUT2D eigenvalue weighted by molar-refractivity contribution is 7.09. The number of hydrogen-bond donors (Lipinski definition) is 1. The van der Waals surface area contributed by atoms with E-state index < -0.39 is 0 Å². The fraction of sp³-hybridized carbons (Fsp3) is 0.727. The van der Waals surface area contributed by atoms with Crippen molar-refractivity contribution < 1.29 is 0 Å². The van der Waals surface area contributed by atoms with Crippen molar-refractivity contribution in [1.29, 1.82) is 0 Å². The minimum atomic E-state index is 0.462. The lowest BCUT2D eigenvalue weighted by molar-refractivity contribution is 0.541. The molecule has 1 aromatic rings. The quantitative estimate of drug-likeness (QED) is 0.701. The van der Waals surface area contributed by atoms with Crippen LogP contribution in [0, 0.1) is 0 Å². The molecule has 14 heavy (non-hydrogen) atoms. The topological polar surface area (TPSA) is 24.9 Å². The third-order valence-electron chi connectivity index (χ3n) is 2.36. The van der Waals surface area contributed by atoms with Gasteiger partial charge in [0, 0.05) is 17.1 Å². The SMILES string of the molecule is CCCCCCNC(C)c1cncs1. The molecule has 0 amide bonds. The van der Waals surface area contributed by atoms with Crippen LogP contribution in [0.3, 0.4) is 0 Å². The molecule has 3 heteroatoms. The van der Waals surface area contributed by atoms with Crippen molar-refractivity contribution in [3.05, 3.63) is 16.6 Å². The minimum absolute atomic E-state index is 0.462. The zero-order valence-corrected chi connectivity index (χ0v) is 9.94. The number of rotatable bonds is 7. The minimum Gasteiger partial charge on any atom is -0.309 e. The Morgan fingerprint density at radius 1 is 1.43 bits per heavy atom. The van der Waals surface area contributed by atoms with Gasteiger partial charge in [0.1, 0.15) is 0 Å². The summed E-state index contributed by atoms with van der Waals surface area (Å²) in [5.74, 6) is 0. The molecule has 0 aliphatic carbocycles. The van der Waals surface area contributed by atoms with Gasteiger partial charge in [0.05, 0.1) is 5.51 Å². The Kier molecular flexibility index (Phi) is 5.80. The number of hydrogen-bond acceptors (Lipinski definition) is 3. The van der Waals surface area contributed by atoms with E-state index >= 15 is 0 Å². The van der Waals surface area contributed by atoms with Crippen molar-refractivity contribution in [3.8, 4) is 0 Å². The number of unbranched alkanes of at least 4 members (excludes halogenated alkanes) is 3. The van der Waals surface area contributed by atoms with E-state index in [4.69, 9.17) is 0 Å². The molecule has 0 aliphatic rings. The summed E-state index contributed by atoms with van der Waals surface area (Å²) in [6, 6.07) is 0.462. The molecule has 0 bridgehead atoms. The highest BCUT2D eigenvalue weighted by Gasteiger charge is 2.04. The maximum atomic E-state index is 4.08. The largest absolute Gasteiger partial charge is 0.309 e. The Morgan fingerprint density at radius 3 is 2.93 bits per heavy atom. The molecule has 1 atom stereocenters. The van der Waals surface area contributed by atoms with Crippen LogP contribution in [0.25, 0.3) is 0 Å². The molecular formula is C11H20N2S. The summed E-state index contributed by atoms with van der Waals surface area (Å²) < 4.78 is 0. The maximum absolute atomic E-state index is 4.08. The van der Waals surface area contributed by atoms with Crippen LogP contribution in [0.5, 0.6) is 0 Å². The van der Waals surface area contributed by atoms with E-state index in [1.54, 1.807) is 11.3 Å². The highest BCUT2D eigenvalue weighted by Crippen LogP contribution is 2.15. The van der Waals surface area contributed by atoms with Crippen molar-refractivity contribution in [3.63, 3.8) is 0 Å². The summed E-state index contributed by atoms with van der Waals surface area (Å²) in [4.78, 5) is 5.41. The van der Waals surface area contributed by atoms with Gasteiger partial charge in [0.2, 0.25) is 0 Å². The average Bonchev–Trinajstić information content (AvgIpc) is 2.70. The van der Waals surface area contributed by atoms with Crippen LogP contribution in [0.1, 0.15) is 50.4 Å². The van der Waals surface area contributed by atoms with E-state index in [-0.39, 0.29) is 0 Å². The van der Waals surface area contributed by atoms with E-state index in [0.29, 0.717) is 6.04 Å². The molecule has 2 nitrogen and oxygen atoms in total. The first-order valence-electron chi connectivity index (χ1n) is 5.46. The van der Waals surface area contributed by atoms with Gasteiger partial charge in [-0.3, -0.25) is 4.98 Å². The number of thiazole rings is 1. The van der Waals surface area contributed by atoms with Gasteiger partial charge in [-0.1, -0.05) is 26.2 Å². The van der Waals surface area contributed by atoms with E-state index in [2.05, 4.69) is 24.1 Å². The smallest absolute Gasteiger partial charge is 0.0794 e. The first-order chi connectivity index (χ1) is 6.84. The van der Waals surface area contributed by atoms with Gasteiger partial charge in [-0.15, -0.1) is 11.3 Å². The lowest BCUT2D eigenvalue weighted by Gasteiger charge is -2.10. The molecule has 0 aliphatic heterocycles. The van der Waals surface area contributed by atoms with Crippen LogP contribution in [0.4, 0.5) is 0 Å². The average molecular weight is 212 g/mol. The molecule has 80 valence electrons. The molecule has 1 aromatic heterocycles. The molecule has 0 saturated carbocycles. The van der Waals surface area contributed by atoms with E-state index in [1.165, 1.54) is 30.6 Å². The molecule has 0 saturated heterocycles. The lowest BCUT2D eigenvalue weighted by Crippen LogP contribution is -2.18. The van der Waals surface area contributed by atoms with E-state index in [9.17, 15) is 0 Å². The van der Waals surface area contributed by atoms with Gasteiger partial charge in [-0.2, -0.15) is 0 Å². The van der Waals surface area contributed by atoms with Gasteiger partial charge in [0.15, 0.2) is 0 Å². The molecule has 0 spiro atoms. The van der Waals surface area contributed by atoms with Crippen molar-refractivity contribution in [2.24, 2.45) is 0 Å². The van der Waals surface area contributed by atoms with Crippen LogP contribution in [0.2, 0.25) is 0 Å². The maximum Gasteiger partial charge on any atom is 0.0794 e. The summed E-state index contributed by atoms with van der Waals surface area (Å²) in [5.41, 5.74) is 1.89. The van der Waals surface area contributed by atoms with Crippen LogP contribution < -0.4 is 5.32 Å². The predicted molar refractivity (Wildman–Crippen MR) is 62.7 cm³/mol. The Hall–Kier alpha value is -0.410. The number of nitrogens with zero attached hydrogens (tertiary/aromatic N) is 1. The Morgan fingerprint density at radius 2 is 2.29 bits per heavy atom. The van der Waals surface area contributed by atoms with Crippen LogP contribution in [-0.2, 0) is 0 Å². The van der Waals surface area contributed by atoms with Crippen LogP contribution in [-0.4, -0.2) is 11.5 Å². The summed E-state index contributed by atoms with van der Waals surface area (Å²) in [6.07, 6.45) is 7.26. The van der Waals surface area contributed by atoms with Crippen LogP contribution in [0.15, 0.2) is 11.7 Å². The van der Waals surface area contributed by atoms with Gasteiger partial charge < -0.3 is 5.32 Å². The Bertz CT molecular complexity index is 221. The molecule has 0 fully saturated rings. The zero-order chi connectivity index (χ0) is 10.2. The second-order valence-corrected chi connectivity index (χ2v) is 4.56. The second-order valence-electron chi connectivity index (χ2n) is 3.64.